The highest BCUT2D eigenvalue weighted by Gasteiger charge is 2.21. The molecule has 2 rings (SSSR count). The molecular weight excluding hydrogens is 308 g/mol. The van der Waals surface area contributed by atoms with Gasteiger partial charge < -0.3 is 14.7 Å². The number of aryl methyl sites for hydroxylation is 1. The first-order chi connectivity index (χ1) is 11.3. The molecule has 0 atom stereocenters. The first-order valence-corrected chi connectivity index (χ1v) is 7.96. The van der Waals surface area contributed by atoms with Crippen LogP contribution in [0.25, 0.3) is 0 Å². The van der Waals surface area contributed by atoms with E-state index < -0.39 is 0 Å². The van der Waals surface area contributed by atoms with Gasteiger partial charge in [-0.15, -0.1) is 0 Å². The fraction of sp³-hybridized carbons (Fsp3) is 0.667. The molecule has 1 N–H and O–H groups in total. The van der Waals surface area contributed by atoms with Gasteiger partial charge in [0.25, 0.3) is 0 Å². The van der Waals surface area contributed by atoms with E-state index in [0.717, 1.165) is 18.3 Å². The molecule has 9 heteroatoms. The number of aromatic nitrogens is 5. The molecule has 0 aliphatic heterocycles. The Bertz CT molecular complexity index is 682. The van der Waals surface area contributed by atoms with Crippen LogP contribution in [0.5, 0.6) is 0 Å². The van der Waals surface area contributed by atoms with Gasteiger partial charge in [-0.3, -0.25) is 4.68 Å². The molecule has 0 amide bonds. The van der Waals surface area contributed by atoms with Crippen LogP contribution in [0.15, 0.2) is 15.8 Å². The molecule has 132 valence electrons. The minimum atomic E-state index is -0.165. The standard InChI is InChI=1S/C15H26N8O/c1-7-16-14(22(5)9-12-18-10-19-23(12)6)17-8-11-20-13(24-21-11)15(2,3)4/h10H,7-9H2,1-6H3,(H,16,17). The third-order valence-electron chi connectivity index (χ3n) is 3.36. The molecule has 0 saturated heterocycles. The topological polar surface area (TPSA) is 97.3 Å². The van der Waals surface area contributed by atoms with Gasteiger partial charge in [-0.1, -0.05) is 25.9 Å². The second kappa shape index (κ2) is 7.41. The lowest BCUT2D eigenvalue weighted by atomic mass is 9.97. The fourth-order valence-electron chi connectivity index (χ4n) is 1.99. The second-order valence-corrected chi connectivity index (χ2v) is 6.59. The number of nitrogens with zero attached hydrogens (tertiary/aromatic N) is 7. The summed E-state index contributed by atoms with van der Waals surface area (Å²) >= 11 is 0. The summed E-state index contributed by atoms with van der Waals surface area (Å²) in [4.78, 5) is 15.2. The van der Waals surface area contributed by atoms with Crippen molar-refractivity contribution in [3.63, 3.8) is 0 Å². The zero-order valence-corrected chi connectivity index (χ0v) is 15.2. The largest absolute Gasteiger partial charge is 0.357 e. The summed E-state index contributed by atoms with van der Waals surface area (Å²) in [5.74, 6) is 2.80. The number of rotatable bonds is 5. The molecule has 24 heavy (non-hydrogen) atoms. The molecule has 0 spiro atoms. The van der Waals surface area contributed by atoms with Gasteiger partial charge in [-0.25, -0.2) is 9.98 Å². The van der Waals surface area contributed by atoms with E-state index in [4.69, 9.17) is 4.52 Å². The van der Waals surface area contributed by atoms with Crippen LogP contribution in [0, 0.1) is 0 Å². The number of nitrogens with one attached hydrogen (secondary N) is 1. The van der Waals surface area contributed by atoms with Crippen LogP contribution >= 0.6 is 0 Å². The van der Waals surface area contributed by atoms with Crippen LogP contribution in [0.2, 0.25) is 0 Å². The first-order valence-electron chi connectivity index (χ1n) is 7.96. The highest BCUT2D eigenvalue weighted by atomic mass is 16.5. The number of aliphatic imine (C=N–C) groups is 1. The maximum atomic E-state index is 5.30. The van der Waals surface area contributed by atoms with E-state index in [1.807, 2.05) is 46.7 Å². The summed E-state index contributed by atoms with van der Waals surface area (Å²) in [6.45, 7) is 9.84. The van der Waals surface area contributed by atoms with Gasteiger partial charge in [0, 0.05) is 26.1 Å². The Morgan fingerprint density at radius 2 is 2.17 bits per heavy atom. The van der Waals surface area contributed by atoms with E-state index in [9.17, 15) is 0 Å². The summed E-state index contributed by atoms with van der Waals surface area (Å²) in [5, 5.41) is 11.3. The van der Waals surface area contributed by atoms with Crippen LogP contribution in [0.3, 0.4) is 0 Å². The highest BCUT2D eigenvalue weighted by molar-refractivity contribution is 5.79. The molecule has 0 aliphatic rings. The average Bonchev–Trinajstić information content (AvgIpc) is 3.13. The summed E-state index contributed by atoms with van der Waals surface area (Å²) in [6, 6.07) is 0. The van der Waals surface area contributed by atoms with Crippen LogP contribution in [-0.4, -0.2) is 49.4 Å². The third kappa shape index (κ3) is 4.53. The van der Waals surface area contributed by atoms with Crippen molar-refractivity contribution < 1.29 is 4.52 Å². The molecule has 0 fully saturated rings. The molecule has 0 aromatic carbocycles. The van der Waals surface area contributed by atoms with Crippen LogP contribution in [0.1, 0.15) is 45.2 Å². The molecule has 0 unspecified atom stereocenters. The van der Waals surface area contributed by atoms with E-state index in [1.165, 1.54) is 0 Å². The summed E-state index contributed by atoms with van der Waals surface area (Å²) in [6.07, 6.45) is 1.54. The van der Waals surface area contributed by atoms with Gasteiger partial charge in [0.1, 0.15) is 18.7 Å². The maximum absolute atomic E-state index is 5.30. The zero-order chi connectivity index (χ0) is 17.7. The Morgan fingerprint density at radius 3 is 2.71 bits per heavy atom. The highest BCUT2D eigenvalue weighted by Crippen LogP contribution is 2.19. The lowest BCUT2D eigenvalue weighted by Gasteiger charge is -2.21. The number of hydrogen-bond acceptors (Lipinski definition) is 6. The van der Waals surface area contributed by atoms with Crippen molar-refractivity contribution in [2.75, 3.05) is 13.6 Å². The van der Waals surface area contributed by atoms with Crippen LogP contribution < -0.4 is 5.32 Å². The Balaban J connectivity index is 2.07. The predicted octanol–water partition coefficient (Wildman–Crippen LogP) is 1.09. The first kappa shape index (κ1) is 17.9. The van der Waals surface area contributed by atoms with E-state index in [2.05, 4.69) is 30.5 Å². The van der Waals surface area contributed by atoms with E-state index in [0.29, 0.717) is 24.8 Å². The molecule has 0 saturated carbocycles. The van der Waals surface area contributed by atoms with Crippen molar-refractivity contribution in [2.24, 2.45) is 12.0 Å². The van der Waals surface area contributed by atoms with Crippen molar-refractivity contribution in [3.05, 3.63) is 23.9 Å². The van der Waals surface area contributed by atoms with Gasteiger partial charge in [0.05, 0.1) is 6.54 Å². The van der Waals surface area contributed by atoms with Crippen LogP contribution in [0.4, 0.5) is 0 Å². The van der Waals surface area contributed by atoms with E-state index in [1.54, 1.807) is 11.0 Å². The van der Waals surface area contributed by atoms with Crippen LogP contribution in [-0.2, 0) is 25.6 Å². The van der Waals surface area contributed by atoms with Crippen molar-refractivity contribution in [1.82, 2.24) is 35.1 Å². The monoisotopic (exact) mass is 334 g/mol. The SMILES string of the molecule is CCNC(=NCc1noc(C(C)(C)C)n1)N(C)Cc1ncnn1C. The maximum Gasteiger partial charge on any atom is 0.232 e. The minimum absolute atomic E-state index is 0.165. The molecule has 0 bridgehead atoms. The molecule has 2 aromatic heterocycles. The summed E-state index contributed by atoms with van der Waals surface area (Å²) in [7, 11) is 3.82. The second-order valence-electron chi connectivity index (χ2n) is 6.59. The normalized spacial score (nSPS) is 12.5. The lowest BCUT2D eigenvalue weighted by molar-refractivity contribution is 0.318. The third-order valence-corrected chi connectivity index (χ3v) is 3.36. The van der Waals surface area contributed by atoms with Crippen molar-refractivity contribution in [3.8, 4) is 0 Å². The lowest BCUT2D eigenvalue weighted by Crippen LogP contribution is -2.39. The fourth-order valence-corrected chi connectivity index (χ4v) is 1.99. The van der Waals surface area contributed by atoms with E-state index >= 15 is 0 Å². The van der Waals surface area contributed by atoms with Crippen molar-refractivity contribution in [2.45, 2.75) is 46.2 Å². The van der Waals surface area contributed by atoms with Gasteiger partial charge in [-0.2, -0.15) is 10.1 Å². The minimum Gasteiger partial charge on any atom is -0.357 e. The zero-order valence-electron chi connectivity index (χ0n) is 15.2. The molecule has 0 radical (unpaired) electrons. The molecule has 9 nitrogen and oxygen atoms in total. The molecular formula is C15H26N8O. The Morgan fingerprint density at radius 1 is 1.42 bits per heavy atom. The Hall–Kier alpha value is -2.45. The van der Waals surface area contributed by atoms with Crippen molar-refractivity contribution >= 4 is 5.96 Å². The van der Waals surface area contributed by atoms with Gasteiger partial charge in [-0.05, 0) is 6.92 Å². The van der Waals surface area contributed by atoms with Gasteiger partial charge in [0.15, 0.2) is 11.8 Å². The van der Waals surface area contributed by atoms with Gasteiger partial charge in [0.2, 0.25) is 5.89 Å². The molecule has 0 aliphatic carbocycles. The molecule has 2 aromatic rings. The molecule has 2 heterocycles. The quantitative estimate of drug-likeness (QED) is 0.646. The smallest absolute Gasteiger partial charge is 0.232 e. The Labute approximate surface area is 142 Å². The van der Waals surface area contributed by atoms with E-state index in [-0.39, 0.29) is 5.41 Å². The predicted molar refractivity (Wildman–Crippen MR) is 90.3 cm³/mol. The Kier molecular flexibility index (Phi) is 5.53. The van der Waals surface area contributed by atoms with Gasteiger partial charge >= 0.3 is 0 Å². The summed E-state index contributed by atoms with van der Waals surface area (Å²) < 4.78 is 7.04. The number of hydrogen-bond donors (Lipinski definition) is 1. The number of guanidine groups is 1. The summed E-state index contributed by atoms with van der Waals surface area (Å²) in [5.41, 5.74) is -0.165. The van der Waals surface area contributed by atoms with Crippen molar-refractivity contribution in [1.29, 1.82) is 0 Å². The average molecular weight is 334 g/mol.